The highest BCUT2D eigenvalue weighted by atomic mass is 19.1. The molecule has 0 saturated heterocycles. The van der Waals surface area contributed by atoms with E-state index in [2.05, 4.69) is 4.84 Å². The maximum absolute atomic E-state index is 13.1. The molecule has 0 bridgehead atoms. The van der Waals surface area contributed by atoms with Gasteiger partial charge in [-0.05, 0) is 18.6 Å². The van der Waals surface area contributed by atoms with Crippen molar-refractivity contribution in [2.75, 3.05) is 0 Å². The number of aryl methyl sites for hydroxylation is 1. The number of nitrogens with two attached hydrogens (primary N) is 1. The Morgan fingerprint density at radius 3 is 2.67 bits per heavy atom. The lowest BCUT2D eigenvalue weighted by atomic mass is 10.1. The maximum atomic E-state index is 13.1. The molecule has 1 aromatic rings. The van der Waals surface area contributed by atoms with Gasteiger partial charge in [-0.15, -0.1) is 0 Å². The first-order valence-electron chi connectivity index (χ1n) is 3.42. The van der Waals surface area contributed by atoms with Gasteiger partial charge in [0.1, 0.15) is 11.6 Å². The molecular formula is C8H9F2NO. The highest BCUT2D eigenvalue weighted by molar-refractivity contribution is 5.25. The molecule has 66 valence electrons. The largest absolute Gasteiger partial charge is 0.300 e. The molecule has 0 unspecified atom stereocenters. The third kappa shape index (κ3) is 1.60. The van der Waals surface area contributed by atoms with Crippen molar-refractivity contribution >= 4 is 0 Å². The molecule has 0 aliphatic rings. The van der Waals surface area contributed by atoms with E-state index in [4.69, 9.17) is 5.90 Å². The van der Waals surface area contributed by atoms with Crippen LogP contribution in [0.15, 0.2) is 12.1 Å². The van der Waals surface area contributed by atoms with E-state index in [-0.39, 0.29) is 12.2 Å². The van der Waals surface area contributed by atoms with Crippen molar-refractivity contribution in [3.05, 3.63) is 34.9 Å². The van der Waals surface area contributed by atoms with Crippen LogP contribution in [0, 0.1) is 18.6 Å². The van der Waals surface area contributed by atoms with E-state index >= 15 is 0 Å². The molecule has 2 N–H and O–H groups in total. The third-order valence-electron chi connectivity index (χ3n) is 1.61. The Labute approximate surface area is 68.9 Å². The van der Waals surface area contributed by atoms with Gasteiger partial charge in [-0.3, -0.25) is 4.84 Å². The van der Waals surface area contributed by atoms with Gasteiger partial charge in [-0.2, -0.15) is 0 Å². The SMILES string of the molecule is Cc1ccc(F)c(CON)c1F. The summed E-state index contributed by atoms with van der Waals surface area (Å²) < 4.78 is 25.9. The predicted octanol–water partition coefficient (Wildman–Crippen LogP) is 1.66. The van der Waals surface area contributed by atoms with Gasteiger partial charge in [0.2, 0.25) is 0 Å². The molecule has 0 atom stereocenters. The molecule has 0 heterocycles. The van der Waals surface area contributed by atoms with Crippen LogP contribution in [0.25, 0.3) is 0 Å². The van der Waals surface area contributed by atoms with E-state index in [1.54, 1.807) is 6.92 Å². The Morgan fingerprint density at radius 2 is 2.08 bits per heavy atom. The zero-order chi connectivity index (χ0) is 9.14. The van der Waals surface area contributed by atoms with Gasteiger partial charge < -0.3 is 0 Å². The lowest BCUT2D eigenvalue weighted by Gasteiger charge is -2.04. The molecule has 4 heteroatoms. The van der Waals surface area contributed by atoms with Crippen molar-refractivity contribution < 1.29 is 13.6 Å². The van der Waals surface area contributed by atoms with Crippen molar-refractivity contribution in [2.24, 2.45) is 5.90 Å². The minimum atomic E-state index is -0.636. The molecular weight excluding hydrogens is 164 g/mol. The first-order valence-corrected chi connectivity index (χ1v) is 3.42. The first kappa shape index (κ1) is 9.09. The fourth-order valence-electron chi connectivity index (χ4n) is 0.930. The van der Waals surface area contributed by atoms with Gasteiger partial charge in [0, 0.05) is 0 Å². The second-order valence-corrected chi connectivity index (χ2v) is 2.47. The number of hydrogen-bond donors (Lipinski definition) is 1. The predicted molar refractivity (Wildman–Crippen MR) is 40.1 cm³/mol. The van der Waals surface area contributed by atoms with E-state index in [9.17, 15) is 8.78 Å². The Balaban J connectivity index is 3.14. The van der Waals surface area contributed by atoms with E-state index in [1.807, 2.05) is 0 Å². The number of rotatable bonds is 2. The third-order valence-corrected chi connectivity index (χ3v) is 1.61. The number of halogens is 2. The Kier molecular flexibility index (Phi) is 2.73. The second kappa shape index (κ2) is 3.60. The molecule has 2 nitrogen and oxygen atoms in total. The van der Waals surface area contributed by atoms with Crippen LogP contribution in [0.3, 0.4) is 0 Å². The van der Waals surface area contributed by atoms with Crippen LogP contribution in [0.4, 0.5) is 8.78 Å². The summed E-state index contributed by atoms with van der Waals surface area (Å²) in [6, 6.07) is 2.55. The topological polar surface area (TPSA) is 35.2 Å². The molecule has 0 aromatic heterocycles. The maximum Gasteiger partial charge on any atom is 0.134 e. The van der Waals surface area contributed by atoms with Crippen LogP contribution in [0.5, 0.6) is 0 Å². The minimum absolute atomic E-state index is 0.127. The number of hydrogen-bond acceptors (Lipinski definition) is 2. The van der Waals surface area contributed by atoms with E-state index in [0.29, 0.717) is 5.56 Å². The van der Waals surface area contributed by atoms with Crippen molar-refractivity contribution in [2.45, 2.75) is 13.5 Å². The summed E-state index contributed by atoms with van der Waals surface area (Å²) in [7, 11) is 0. The molecule has 0 saturated carbocycles. The lowest BCUT2D eigenvalue weighted by Crippen LogP contribution is -2.04. The van der Waals surface area contributed by atoms with Crippen LogP contribution in [0.1, 0.15) is 11.1 Å². The molecule has 0 radical (unpaired) electrons. The van der Waals surface area contributed by atoms with Crippen molar-refractivity contribution in [1.82, 2.24) is 0 Å². The molecule has 0 fully saturated rings. The van der Waals surface area contributed by atoms with Crippen LogP contribution >= 0.6 is 0 Å². The molecule has 0 spiro atoms. The summed E-state index contributed by atoms with van der Waals surface area (Å²) in [5, 5.41) is 0. The second-order valence-electron chi connectivity index (χ2n) is 2.47. The summed E-state index contributed by atoms with van der Waals surface area (Å²) in [5.74, 6) is 3.48. The highest BCUT2D eigenvalue weighted by Crippen LogP contribution is 2.16. The fraction of sp³-hybridized carbons (Fsp3) is 0.250. The Bertz CT molecular complexity index is 289. The monoisotopic (exact) mass is 173 g/mol. The zero-order valence-corrected chi connectivity index (χ0v) is 6.60. The van der Waals surface area contributed by atoms with Crippen molar-refractivity contribution in [3.8, 4) is 0 Å². The van der Waals surface area contributed by atoms with Gasteiger partial charge in [0.25, 0.3) is 0 Å². The normalized spacial score (nSPS) is 10.3. The summed E-state index contributed by atoms with van der Waals surface area (Å²) >= 11 is 0. The van der Waals surface area contributed by atoms with Gasteiger partial charge in [0.15, 0.2) is 0 Å². The quantitative estimate of drug-likeness (QED) is 0.690. The highest BCUT2D eigenvalue weighted by Gasteiger charge is 2.10. The molecule has 1 aromatic carbocycles. The number of benzene rings is 1. The molecule has 0 amide bonds. The molecule has 12 heavy (non-hydrogen) atoms. The van der Waals surface area contributed by atoms with E-state index in [1.165, 1.54) is 12.1 Å². The van der Waals surface area contributed by atoms with Crippen LogP contribution in [-0.2, 0) is 11.4 Å². The van der Waals surface area contributed by atoms with Gasteiger partial charge in [-0.1, -0.05) is 6.07 Å². The molecule has 0 aliphatic heterocycles. The van der Waals surface area contributed by atoms with Crippen LogP contribution in [-0.4, -0.2) is 0 Å². The molecule has 0 aliphatic carbocycles. The summed E-state index contributed by atoms with van der Waals surface area (Å²) in [4.78, 5) is 4.16. The Hall–Kier alpha value is -1.00. The summed E-state index contributed by atoms with van der Waals surface area (Å²) in [5.41, 5.74) is 0.251. The summed E-state index contributed by atoms with van der Waals surface area (Å²) in [6.07, 6.45) is 0. The summed E-state index contributed by atoms with van der Waals surface area (Å²) in [6.45, 7) is 1.30. The van der Waals surface area contributed by atoms with E-state index < -0.39 is 11.6 Å². The average molecular weight is 173 g/mol. The van der Waals surface area contributed by atoms with E-state index in [0.717, 1.165) is 0 Å². The minimum Gasteiger partial charge on any atom is -0.300 e. The standard InChI is InChI=1S/C8H9F2NO/c1-5-2-3-7(9)6(4-12-11)8(5)10/h2-3H,4,11H2,1H3. The van der Waals surface area contributed by atoms with Crippen molar-refractivity contribution in [1.29, 1.82) is 0 Å². The average Bonchev–Trinajstić information content (AvgIpc) is 2.06. The first-order chi connectivity index (χ1) is 5.66. The smallest absolute Gasteiger partial charge is 0.134 e. The van der Waals surface area contributed by atoms with Crippen LogP contribution < -0.4 is 5.90 Å². The van der Waals surface area contributed by atoms with Crippen molar-refractivity contribution in [3.63, 3.8) is 0 Å². The van der Waals surface area contributed by atoms with Crippen LogP contribution in [0.2, 0.25) is 0 Å². The zero-order valence-electron chi connectivity index (χ0n) is 6.60. The van der Waals surface area contributed by atoms with Gasteiger partial charge in [-0.25, -0.2) is 14.7 Å². The Morgan fingerprint density at radius 1 is 1.42 bits per heavy atom. The lowest BCUT2D eigenvalue weighted by molar-refractivity contribution is 0.118. The van der Waals surface area contributed by atoms with Gasteiger partial charge >= 0.3 is 0 Å². The fourth-order valence-corrected chi connectivity index (χ4v) is 0.930. The molecule has 1 rings (SSSR count). The van der Waals surface area contributed by atoms with Gasteiger partial charge in [0.05, 0.1) is 12.2 Å².